The third kappa shape index (κ3) is 3.45. The number of anilines is 1. The minimum absolute atomic E-state index is 0.0155. The molecule has 1 N–H and O–H groups in total. The quantitative estimate of drug-likeness (QED) is 0.570. The standard InChI is InChI=1S/C24H28N4OS/c1-15(2)27-16(3)13-20(17(27)4)23-22(21-11-6-7-12-25-21)26-24(30)28(23)18-9-8-10-19(14-18)29-5/h6-15,22-23H,1-5H3,(H,26,30)/t22-,23-/m1/s1. The molecule has 0 unspecified atom stereocenters. The first-order valence-corrected chi connectivity index (χ1v) is 10.7. The molecule has 0 aliphatic carbocycles. The highest BCUT2D eigenvalue weighted by Gasteiger charge is 2.42. The normalized spacial score (nSPS) is 18.7. The van der Waals surface area contributed by atoms with E-state index >= 15 is 0 Å². The van der Waals surface area contributed by atoms with E-state index in [-0.39, 0.29) is 12.1 Å². The van der Waals surface area contributed by atoms with Gasteiger partial charge in [0.15, 0.2) is 5.11 Å². The Hall–Kier alpha value is -2.86. The zero-order valence-electron chi connectivity index (χ0n) is 18.1. The van der Waals surface area contributed by atoms with Gasteiger partial charge in [-0.25, -0.2) is 0 Å². The summed E-state index contributed by atoms with van der Waals surface area (Å²) in [5.41, 5.74) is 5.75. The van der Waals surface area contributed by atoms with Gasteiger partial charge in [-0.3, -0.25) is 4.98 Å². The van der Waals surface area contributed by atoms with Crippen LogP contribution in [0.2, 0.25) is 0 Å². The summed E-state index contributed by atoms with van der Waals surface area (Å²) in [4.78, 5) is 6.84. The number of nitrogens with zero attached hydrogens (tertiary/aromatic N) is 3. The Bertz CT molecular complexity index is 1060. The SMILES string of the molecule is COc1cccc(N2C(=S)N[C@H](c3ccccn3)[C@H]2c2cc(C)n(C(C)C)c2C)c1. The summed E-state index contributed by atoms with van der Waals surface area (Å²) in [5, 5.41) is 4.23. The van der Waals surface area contributed by atoms with E-state index in [4.69, 9.17) is 17.0 Å². The van der Waals surface area contributed by atoms with Crippen molar-refractivity contribution in [3.63, 3.8) is 0 Å². The summed E-state index contributed by atoms with van der Waals surface area (Å²) in [5.74, 6) is 0.808. The van der Waals surface area contributed by atoms with Gasteiger partial charge in [-0.15, -0.1) is 0 Å². The number of aryl methyl sites for hydroxylation is 1. The second kappa shape index (κ2) is 8.11. The van der Waals surface area contributed by atoms with Gasteiger partial charge in [0.05, 0.1) is 24.9 Å². The van der Waals surface area contributed by atoms with Gasteiger partial charge in [0, 0.05) is 35.4 Å². The van der Waals surface area contributed by atoms with Gasteiger partial charge < -0.3 is 19.5 Å². The zero-order chi connectivity index (χ0) is 21.4. The van der Waals surface area contributed by atoms with Gasteiger partial charge in [-0.05, 0) is 75.8 Å². The molecule has 3 heterocycles. The summed E-state index contributed by atoms with van der Waals surface area (Å²) in [6.45, 7) is 8.81. The van der Waals surface area contributed by atoms with Gasteiger partial charge in [0.2, 0.25) is 0 Å². The van der Waals surface area contributed by atoms with Gasteiger partial charge >= 0.3 is 0 Å². The first kappa shape index (κ1) is 20.4. The number of nitrogens with one attached hydrogen (secondary N) is 1. The number of pyridine rings is 1. The van der Waals surface area contributed by atoms with Crippen molar-refractivity contribution in [3.8, 4) is 5.75 Å². The Kier molecular flexibility index (Phi) is 5.52. The molecule has 0 bridgehead atoms. The van der Waals surface area contributed by atoms with Crippen molar-refractivity contribution in [2.45, 2.75) is 45.8 Å². The Balaban J connectivity index is 1.89. The highest BCUT2D eigenvalue weighted by atomic mass is 32.1. The van der Waals surface area contributed by atoms with Crippen molar-refractivity contribution in [1.29, 1.82) is 0 Å². The van der Waals surface area contributed by atoms with Crippen molar-refractivity contribution >= 4 is 23.0 Å². The van der Waals surface area contributed by atoms with Crippen molar-refractivity contribution in [1.82, 2.24) is 14.9 Å². The van der Waals surface area contributed by atoms with Gasteiger partial charge in [-0.1, -0.05) is 12.1 Å². The molecular formula is C24H28N4OS. The molecule has 30 heavy (non-hydrogen) atoms. The molecule has 3 aromatic rings. The first-order valence-electron chi connectivity index (χ1n) is 10.3. The predicted octanol–water partition coefficient (Wildman–Crippen LogP) is 5.27. The molecule has 4 rings (SSSR count). The molecular weight excluding hydrogens is 392 g/mol. The topological polar surface area (TPSA) is 42.3 Å². The lowest BCUT2D eigenvalue weighted by atomic mass is 9.96. The number of benzene rings is 1. The van der Waals surface area contributed by atoms with Crippen LogP contribution in [0.5, 0.6) is 5.75 Å². The Morgan fingerprint density at radius 3 is 2.53 bits per heavy atom. The molecule has 0 spiro atoms. The van der Waals surface area contributed by atoms with Crippen LogP contribution >= 0.6 is 12.2 Å². The molecule has 1 aliphatic heterocycles. The molecule has 1 saturated heterocycles. The minimum Gasteiger partial charge on any atom is -0.497 e. The molecule has 1 aromatic carbocycles. The van der Waals surface area contributed by atoms with Crippen molar-refractivity contribution in [2.24, 2.45) is 0 Å². The van der Waals surface area contributed by atoms with Crippen LogP contribution < -0.4 is 15.0 Å². The molecule has 2 atom stereocenters. The zero-order valence-corrected chi connectivity index (χ0v) is 18.9. The molecule has 0 amide bonds. The van der Waals surface area contributed by atoms with Crippen molar-refractivity contribution in [2.75, 3.05) is 12.0 Å². The highest BCUT2D eigenvalue weighted by Crippen LogP contribution is 2.44. The summed E-state index contributed by atoms with van der Waals surface area (Å²) in [7, 11) is 1.68. The fraction of sp³-hybridized carbons (Fsp3) is 0.333. The van der Waals surface area contributed by atoms with Crippen LogP contribution in [0.3, 0.4) is 0 Å². The summed E-state index contributed by atoms with van der Waals surface area (Å²) < 4.78 is 7.86. The maximum atomic E-state index is 5.83. The molecule has 1 aliphatic rings. The van der Waals surface area contributed by atoms with Crippen LogP contribution in [0.25, 0.3) is 0 Å². The lowest BCUT2D eigenvalue weighted by Gasteiger charge is -2.28. The van der Waals surface area contributed by atoms with Crippen LogP contribution in [0.1, 0.15) is 54.6 Å². The Labute approximate surface area is 183 Å². The fourth-order valence-electron chi connectivity index (χ4n) is 4.61. The fourth-order valence-corrected chi connectivity index (χ4v) is 4.95. The molecule has 1 fully saturated rings. The number of aromatic nitrogens is 2. The third-order valence-electron chi connectivity index (χ3n) is 5.79. The molecule has 0 saturated carbocycles. The number of hydrogen-bond donors (Lipinski definition) is 1. The smallest absolute Gasteiger partial charge is 0.174 e. The third-order valence-corrected chi connectivity index (χ3v) is 6.10. The second-order valence-corrected chi connectivity index (χ2v) is 8.38. The monoisotopic (exact) mass is 420 g/mol. The number of ether oxygens (including phenoxy) is 1. The number of rotatable bonds is 5. The molecule has 156 valence electrons. The summed E-state index contributed by atoms with van der Waals surface area (Å²) in [6.07, 6.45) is 1.84. The van der Waals surface area contributed by atoms with Crippen LogP contribution in [0, 0.1) is 13.8 Å². The van der Waals surface area contributed by atoms with Crippen LogP contribution in [-0.4, -0.2) is 21.8 Å². The van der Waals surface area contributed by atoms with E-state index < -0.39 is 0 Å². The largest absolute Gasteiger partial charge is 0.497 e. The lowest BCUT2D eigenvalue weighted by Crippen LogP contribution is -2.29. The van der Waals surface area contributed by atoms with E-state index in [9.17, 15) is 0 Å². The van der Waals surface area contributed by atoms with E-state index in [1.165, 1.54) is 17.0 Å². The van der Waals surface area contributed by atoms with Crippen LogP contribution in [0.15, 0.2) is 54.7 Å². The van der Waals surface area contributed by atoms with E-state index in [1.54, 1.807) is 7.11 Å². The summed E-state index contributed by atoms with van der Waals surface area (Å²) >= 11 is 5.83. The van der Waals surface area contributed by atoms with E-state index in [0.29, 0.717) is 11.2 Å². The van der Waals surface area contributed by atoms with E-state index in [2.05, 4.69) is 65.7 Å². The van der Waals surface area contributed by atoms with Crippen LogP contribution in [-0.2, 0) is 0 Å². The highest BCUT2D eigenvalue weighted by molar-refractivity contribution is 7.80. The first-order chi connectivity index (χ1) is 14.4. The lowest BCUT2D eigenvalue weighted by molar-refractivity contribution is 0.415. The number of methoxy groups -OCH3 is 1. The van der Waals surface area contributed by atoms with E-state index in [1.807, 2.05) is 36.5 Å². The average molecular weight is 421 g/mol. The number of thiocarbonyl (C=S) groups is 1. The minimum atomic E-state index is -0.0500. The van der Waals surface area contributed by atoms with Crippen molar-refractivity contribution in [3.05, 3.63) is 77.4 Å². The van der Waals surface area contributed by atoms with Gasteiger partial charge in [-0.2, -0.15) is 0 Å². The van der Waals surface area contributed by atoms with Crippen LogP contribution in [0.4, 0.5) is 5.69 Å². The summed E-state index contributed by atoms with van der Waals surface area (Å²) in [6, 6.07) is 16.7. The molecule has 0 radical (unpaired) electrons. The maximum absolute atomic E-state index is 5.83. The maximum Gasteiger partial charge on any atom is 0.174 e. The molecule has 6 heteroatoms. The van der Waals surface area contributed by atoms with Crippen molar-refractivity contribution < 1.29 is 4.74 Å². The Morgan fingerprint density at radius 2 is 1.90 bits per heavy atom. The second-order valence-electron chi connectivity index (χ2n) is 7.99. The van der Waals surface area contributed by atoms with E-state index in [0.717, 1.165) is 17.1 Å². The number of hydrogen-bond acceptors (Lipinski definition) is 3. The molecule has 2 aromatic heterocycles. The molecule has 5 nitrogen and oxygen atoms in total. The predicted molar refractivity (Wildman–Crippen MR) is 125 cm³/mol. The average Bonchev–Trinajstić information content (AvgIpc) is 3.24. The van der Waals surface area contributed by atoms with Gasteiger partial charge in [0.25, 0.3) is 0 Å². The Morgan fingerprint density at radius 1 is 1.10 bits per heavy atom. The van der Waals surface area contributed by atoms with Gasteiger partial charge in [0.1, 0.15) is 5.75 Å².